The molecule has 0 spiro atoms. The third-order valence-corrected chi connectivity index (χ3v) is 6.20. The van der Waals surface area contributed by atoms with Gasteiger partial charge in [-0.1, -0.05) is 11.6 Å². The van der Waals surface area contributed by atoms with Crippen molar-refractivity contribution >= 4 is 34.9 Å². The van der Waals surface area contributed by atoms with Crippen LogP contribution in [-0.4, -0.2) is 60.1 Å². The summed E-state index contributed by atoms with van der Waals surface area (Å²) in [5.41, 5.74) is 3.21. The highest BCUT2D eigenvalue weighted by atomic mass is 35.5. The average molecular weight is 440 g/mol. The van der Waals surface area contributed by atoms with Crippen LogP contribution in [-0.2, 0) is 11.2 Å². The zero-order valence-electron chi connectivity index (χ0n) is 17.4. The molecule has 0 radical (unpaired) electrons. The van der Waals surface area contributed by atoms with Gasteiger partial charge in [0.1, 0.15) is 0 Å². The van der Waals surface area contributed by atoms with Gasteiger partial charge < -0.3 is 10.2 Å². The second-order valence-corrected chi connectivity index (χ2v) is 8.52. The molecule has 2 aliphatic rings. The number of aryl methyl sites for hydroxylation is 1. The fourth-order valence-electron chi connectivity index (χ4n) is 4.12. The number of amides is 2. The Morgan fingerprint density at radius 1 is 0.935 bits per heavy atom. The molecule has 2 aromatic carbocycles. The van der Waals surface area contributed by atoms with Crippen LogP contribution in [0, 0.1) is 0 Å². The van der Waals surface area contributed by atoms with Gasteiger partial charge >= 0.3 is 0 Å². The number of halogens is 1. The van der Waals surface area contributed by atoms with Crippen molar-refractivity contribution < 1.29 is 14.4 Å². The second-order valence-electron chi connectivity index (χ2n) is 8.09. The Morgan fingerprint density at radius 2 is 1.65 bits per heavy atom. The predicted octanol–water partition coefficient (Wildman–Crippen LogP) is 3.65. The molecule has 2 aromatic rings. The van der Waals surface area contributed by atoms with Gasteiger partial charge in [0, 0.05) is 60.9 Å². The van der Waals surface area contributed by atoms with Gasteiger partial charge in [0.05, 0.1) is 0 Å². The van der Waals surface area contributed by atoms with Crippen molar-refractivity contribution in [3.63, 3.8) is 0 Å². The van der Waals surface area contributed by atoms with E-state index < -0.39 is 0 Å². The highest BCUT2D eigenvalue weighted by Gasteiger charge is 2.23. The van der Waals surface area contributed by atoms with E-state index in [0.717, 1.165) is 37.3 Å². The Balaban J connectivity index is 1.23. The molecule has 6 nitrogen and oxygen atoms in total. The van der Waals surface area contributed by atoms with Crippen molar-refractivity contribution in [2.24, 2.45) is 0 Å². The number of fused-ring (bicyclic) bond motifs is 1. The average Bonchev–Trinajstić information content (AvgIpc) is 2.79. The smallest absolute Gasteiger partial charge is 0.253 e. The van der Waals surface area contributed by atoms with Gasteiger partial charge in [-0.2, -0.15) is 0 Å². The Labute approximate surface area is 187 Å². The first-order valence-electron chi connectivity index (χ1n) is 10.7. The third kappa shape index (κ3) is 5.32. The molecule has 2 aliphatic heterocycles. The predicted molar refractivity (Wildman–Crippen MR) is 121 cm³/mol. The van der Waals surface area contributed by atoms with Crippen LogP contribution < -0.4 is 5.32 Å². The molecule has 4 rings (SSSR count). The zero-order valence-corrected chi connectivity index (χ0v) is 18.2. The number of carbonyl (C=O) groups is 3. The molecule has 0 atom stereocenters. The second kappa shape index (κ2) is 9.62. The van der Waals surface area contributed by atoms with E-state index in [1.54, 1.807) is 30.3 Å². The molecule has 1 N–H and O–H groups in total. The van der Waals surface area contributed by atoms with Crippen LogP contribution in [0.4, 0.5) is 5.69 Å². The normalized spacial score (nSPS) is 16.5. The van der Waals surface area contributed by atoms with Crippen molar-refractivity contribution in [1.82, 2.24) is 9.80 Å². The molecular weight excluding hydrogens is 414 g/mol. The van der Waals surface area contributed by atoms with Crippen LogP contribution in [0.3, 0.4) is 0 Å². The summed E-state index contributed by atoms with van der Waals surface area (Å²) in [6.45, 7) is 3.82. The number of rotatable bonds is 6. The van der Waals surface area contributed by atoms with Crippen molar-refractivity contribution in [1.29, 1.82) is 0 Å². The van der Waals surface area contributed by atoms with E-state index in [4.69, 9.17) is 11.6 Å². The summed E-state index contributed by atoms with van der Waals surface area (Å²) < 4.78 is 0. The maximum atomic E-state index is 12.9. The molecule has 0 unspecified atom stereocenters. The molecule has 162 valence electrons. The van der Waals surface area contributed by atoms with Gasteiger partial charge in [-0.05, 0) is 67.4 Å². The lowest BCUT2D eigenvalue weighted by atomic mass is 10.00. The van der Waals surface area contributed by atoms with E-state index >= 15 is 0 Å². The minimum Gasteiger partial charge on any atom is -0.336 e. The largest absolute Gasteiger partial charge is 0.336 e. The SMILES string of the molecule is O=C1CCc2cc(C(=O)N3CCN(CCCC(=O)c4ccc(Cl)cc4)CC3)ccc2N1. The molecule has 2 heterocycles. The molecule has 31 heavy (non-hydrogen) atoms. The van der Waals surface area contributed by atoms with Crippen molar-refractivity contribution in [3.8, 4) is 0 Å². The maximum absolute atomic E-state index is 12.9. The van der Waals surface area contributed by atoms with Crippen LogP contribution in [0.2, 0.25) is 5.02 Å². The lowest BCUT2D eigenvalue weighted by Crippen LogP contribution is -2.48. The first-order chi connectivity index (χ1) is 15.0. The summed E-state index contributed by atoms with van der Waals surface area (Å²) in [6, 6.07) is 12.5. The topological polar surface area (TPSA) is 69.7 Å². The van der Waals surface area contributed by atoms with E-state index in [1.165, 1.54) is 0 Å². The molecule has 0 aromatic heterocycles. The number of anilines is 1. The summed E-state index contributed by atoms with van der Waals surface area (Å²) >= 11 is 5.87. The number of carbonyl (C=O) groups excluding carboxylic acids is 3. The maximum Gasteiger partial charge on any atom is 0.253 e. The fourth-order valence-corrected chi connectivity index (χ4v) is 4.24. The summed E-state index contributed by atoms with van der Waals surface area (Å²) in [6.07, 6.45) is 2.44. The van der Waals surface area contributed by atoms with E-state index in [1.807, 2.05) is 17.0 Å². The monoisotopic (exact) mass is 439 g/mol. The molecule has 0 saturated carbocycles. The first kappa shape index (κ1) is 21.5. The number of piperazine rings is 1. The third-order valence-electron chi connectivity index (χ3n) is 5.95. The number of hydrogen-bond acceptors (Lipinski definition) is 4. The molecule has 0 bridgehead atoms. The van der Waals surface area contributed by atoms with E-state index in [-0.39, 0.29) is 17.6 Å². The summed E-state index contributed by atoms with van der Waals surface area (Å²) in [5.74, 6) is 0.198. The van der Waals surface area contributed by atoms with Gasteiger partial charge in [0.25, 0.3) is 5.91 Å². The summed E-state index contributed by atoms with van der Waals surface area (Å²) in [5, 5.41) is 3.48. The standard InChI is InChI=1S/C24H26ClN3O3/c25-20-7-3-17(4-8-20)22(29)2-1-11-27-12-14-28(15-13-27)24(31)19-5-9-21-18(16-19)6-10-23(30)26-21/h3-5,7-9,16H,1-2,6,10-15H2,(H,26,30). The minimum absolute atomic E-state index is 0.0255. The van der Waals surface area contributed by atoms with Gasteiger partial charge in [0.2, 0.25) is 5.91 Å². The minimum atomic E-state index is 0.0255. The van der Waals surface area contributed by atoms with E-state index in [9.17, 15) is 14.4 Å². The van der Waals surface area contributed by atoms with Crippen molar-refractivity contribution in [2.75, 3.05) is 38.0 Å². The Bertz CT molecular complexity index is 982. The number of nitrogens with zero attached hydrogens (tertiary/aromatic N) is 2. The number of benzene rings is 2. The van der Waals surface area contributed by atoms with Gasteiger partial charge in [-0.25, -0.2) is 0 Å². The zero-order chi connectivity index (χ0) is 21.8. The summed E-state index contributed by atoms with van der Waals surface area (Å²) in [7, 11) is 0. The Morgan fingerprint density at radius 3 is 2.39 bits per heavy atom. The van der Waals surface area contributed by atoms with Crippen molar-refractivity contribution in [3.05, 3.63) is 64.2 Å². The Kier molecular flexibility index (Phi) is 6.68. The molecule has 0 aliphatic carbocycles. The molecule has 1 fully saturated rings. The lowest BCUT2D eigenvalue weighted by Gasteiger charge is -2.35. The van der Waals surface area contributed by atoms with Crippen LogP contribution in [0.25, 0.3) is 0 Å². The van der Waals surface area contributed by atoms with E-state index in [2.05, 4.69) is 10.2 Å². The van der Waals surface area contributed by atoms with Gasteiger partial charge in [0.15, 0.2) is 5.78 Å². The van der Waals surface area contributed by atoms with E-state index in [0.29, 0.717) is 48.5 Å². The lowest BCUT2D eigenvalue weighted by molar-refractivity contribution is -0.116. The van der Waals surface area contributed by atoms with Crippen molar-refractivity contribution in [2.45, 2.75) is 25.7 Å². The van der Waals surface area contributed by atoms with Gasteiger partial charge in [-0.15, -0.1) is 0 Å². The molecule has 1 saturated heterocycles. The van der Waals surface area contributed by atoms with Crippen LogP contribution in [0.5, 0.6) is 0 Å². The molecule has 7 heteroatoms. The number of hydrogen-bond donors (Lipinski definition) is 1. The quantitative estimate of drug-likeness (QED) is 0.697. The number of ketones is 1. The molecule has 2 amide bonds. The van der Waals surface area contributed by atoms with Crippen LogP contribution in [0.1, 0.15) is 45.5 Å². The highest BCUT2D eigenvalue weighted by Crippen LogP contribution is 2.24. The Hall–Kier alpha value is -2.70. The molecular formula is C24H26ClN3O3. The number of Topliss-reactive ketones (excluding diaryl/α,β-unsaturated/α-hetero) is 1. The van der Waals surface area contributed by atoms with Crippen LogP contribution in [0.15, 0.2) is 42.5 Å². The van der Waals surface area contributed by atoms with Gasteiger partial charge in [-0.3, -0.25) is 19.3 Å². The summed E-state index contributed by atoms with van der Waals surface area (Å²) in [4.78, 5) is 40.9. The highest BCUT2D eigenvalue weighted by molar-refractivity contribution is 6.30. The fraction of sp³-hybridized carbons (Fsp3) is 0.375. The van der Waals surface area contributed by atoms with Crippen LogP contribution >= 0.6 is 11.6 Å². The number of nitrogens with one attached hydrogen (secondary N) is 1. The first-order valence-corrected chi connectivity index (χ1v) is 11.1.